The van der Waals surface area contributed by atoms with E-state index in [4.69, 9.17) is 0 Å². The smallest absolute Gasteiger partial charge is 0.168 e. The van der Waals surface area contributed by atoms with Gasteiger partial charge in [-0.2, -0.15) is 0 Å². The molecule has 0 atom stereocenters. The summed E-state index contributed by atoms with van der Waals surface area (Å²) in [4.78, 5) is 15.4. The zero-order chi connectivity index (χ0) is 24.6. The number of pyridine rings is 1. The lowest BCUT2D eigenvalue weighted by Gasteiger charge is -2.28. The van der Waals surface area contributed by atoms with Gasteiger partial charge in [0, 0.05) is 0 Å². The number of benzene rings is 4. The van der Waals surface area contributed by atoms with Crippen LogP contribution in [0.1, 0.15) is 27.3 Å². The summed E-state index contributed by atoms with van der Waals surface area (Å²) < 4.78 is 0. The molecule has 0 aliphatic heterocycles. The van der Waals surface area contributed by atoms with E-state index in [2.05, 4.69) is 126 Å². The summed E-state index contributed by atoms with van der Waals surface area (Å²) in [6.45, 7) is 0. The molecule has 1 aromatic heterocycles. The van der Waals surface area contributed by atoms with E-state index in [-0.39, 0.29) is 17.0 Å². The molecule has 0 spiro atoms. The van der Waals surface area contributed by atoms with Gasteiger partial charge in [0.2, 0.25) is 0 Å². The number of hydrogen-bond donors (Lipinski definition) is 0. The van der Waals surface area contributed by atoms with Crippen molar-refractivity contribution in [2.24, 2.45) is 0 Å². The van der Waals surface area contributed by atoms with Gasteiger partial charge in [-0.05, 0) is 71.8 Å². The molecule has 0 unspecified atom stereocenters. The summed E-state index contributed by atoms with van der Waals surface area (Å²) in [6.07, 6.45) is 5.72. The van der Waals surface area contributed by atoms with E-state index in [1.165, 1.54) is 21.5 Å². The number of carbonyl (C=O) groups is 1. The maximum absolute atomic E-state index is 11.1. The van der Waals surface area contributed by atoms with Crippen LogP contribution < -0.4 is 32.9 Å². The topological polar surface area (TPSA) is 30.0 Å². The fraction of sp³-hybridized carbons (Fsp3) is 0.0303. The van der Waals surface area contributed by atoms with Gasteiger partial charge >= 0.3 is 0 Å². The molecule has 0 aliphatic rings. The van der Waals surface area contributed by atoms with Gasteiger partial charge in [-0.1, -0.05) is 84.9 Å². The Morgan fingerprint density at radius 2 is 1.08 bits per heavy atom. The van der Waals surface area contributed by atoms with Crippen LogP contribution in [0.4, 0.5) is 0 Å². The van der Waals surface area contributed by atoms with Crippen LogP contribution in [0.2, 0.25) is 0 Å². The Bertz CT molecular complexity index is 1370. The first kappa shape index (κ1) is 26.4. The van der Waals surface area contributed by atoms with Gasteiger partial charge in [-0.25, -0.2) is 4.98 Å². The Kier molecular flexibility index (Phi) is 8.95. The number of carbonyl (C=O) groups excluding carboxylic acids is 1. The second-order valence-electron chi connectivity index (χ2n) is 8.66. The lowest BCUT2D eigenvalue weighted by molar-refractivity contribution is -0.0000133. The van der Waals surface area contributed by atoms with E-state index in [0.717, 1.165) is 23.7 Å². The highest BCUT2D eigenvalue weighted by Crippen LogP contribution is 2.58. The number of hydrogen-bond acceptors (Lipinski definition) is 2. The van der Waals surface area contributed by atoms with E-state index in [9.17, 15) is 4.79 Å². The van der Waals surface area contributed by atoms with Crippen molar-refractivity contribution in [1.82, 2.24) is 4.98 Å². The van der Waals surface area contributed by atoms with E-state index in [1.54, 1.807) is 6.07 Å². The van der Waals surface area contributed by atoms with Crippen molar-refractivity contribution in [3.8, 4) is 0 Å². The largest absolute Gasteiger partial charge is 1.00 e. The van der Waals surface area contributed by atoms with Crippen LogP contribution >= 0.6 is 7.26 Å². The third-order valence-electron chi connectivity index (χ3n) is 6.32. The van der Waals surface area contributed by atoms with Gasteiger partial charge in [-0.3, -0.25) is 4.79 Å². The molecular formula is C33H27BrNOP. The minimum atomic E-state index is -1.96. The van der Waals surface area contributed by atoms with Crippen molar-refractivity contribution >= 4 is 41.6 Å². The fourth-order valence-electron chi connectivity index (χ4n) is 4.65. The van der Waals surface area contributed by atoms with E-state index in [1.807, 2.05) is 18.2 Å². The Labute approximate surface area is 229 Å². The molecule has 0 radical (unpaired) electrons. The van der Waals surface area contributed by atoms with E-state index >= 15 is 0 Å². The second kappa shape index (κ2) is 12.5. The van der Waals surface area contributed by atoms with Crippen molar-refractivity contribution in [2.75, 3.05) is 0 Å². The molecule has 0 amide bonds. The molecule has 4 aromatic carbocycles. The molecular weight excluding hydrogens is 537 g/mol. The van der Waals surface area contributed by atoms with Crippen LogP contribution in [0.25, 0.3) is 12.2 Å². The molecule has 4 heteroatoms. The number of nitrogens with zero attached hydrogens (tertiary/aromatic N) is 1. The molecule has 0 bridgehead atoms. The molecule has 5 rings (SSSR count). The maximum Gasteiger partial charge on any atom is 0.168 e. The zero-order valence-electron chi connectivity index (χ0n) is 20.3. The average Bonchev–Trinajstić information content (AvgIpc) is 2.96. The average molecular weight is 564 g/mol. The summed E-state index contributed by atoms with van der Waals surface area (Å²) in [7, 11) is -1.96. The van der Waals surface area contributed by atoms with Gasteiger partial charge in [-0.15, -0.1) is 0 Å². The Morgan fingerprint density at radius 3 is 1.62 bits per heavy atom. The molecule has 0 saturated carbocycles. The van der Waals surface area contributed by atoms with Crippen molar-refractivity contribution < 1.29 is 21.8 Å². The van der Waals surface area contributed by atoms with Crippen molar-refractivity contribution in [1.29, 1.82) is 0 Å². The van der Waals surface area contributed by atoms with Gasteiger partial charge in [0.1, 0.15) is 28.9 Å². The normalized spacial score (nSPS) is 11.1. The van der Waals surface area contributed by atoms with Crippen LogP contribution in [0.3, 0.4) is 0 Å². The monoisotopic (exact) mass is 563 g/mol. The van der Waals surface area contributed by atoms with Crippen molar-refractivity contribution in [3.05, 3.63) is 156 Å². The quantitative estimate of drug-likeness (QED) is 0.213. The predicted molar refractivity (Wildman–Crippen MR) is 154 cm³/mol. The maximum atomic E-state index is 11.1. The highest BCUT2D eigenvalue weighted by molar-refractivity contribution is 7.95. The standard InChI is InChI=1S/C33H27NOP.BrH/c35-25-30-15-11-14-29(34-30)23-22-27-12-10-13-28(24-27)26-36(31-16-4-1-5-17-31,32-18-6-2-7-19-32)33-20-8-3-9-21-33;/h1-25H,26H2;1H/q+1;/p-1/b23-22-;. The van der Waals surface area contributed by atoms with Crippen molar-refractivity contribution in [2.45, 2.75) is 6.16 Å². The molecule has 37 heavy (non-hydrogen) atoms. The first-order chi connectivity index (χ1) is 17.8. The van der Waals surface area contributed by atoms with Crippen LogP contribution in [0, 0.1) is 0 Å². The molecule has 1 heterocycles. The number of rotatable bonds is 8. The highest BCUT2D eigenvalue weighted by Gasteiger charge is 2.45. The minimum absolute atomic E-state index is 0. The Hall–Kier alpha value is -3.65. The molecule has 5 aromatic rings. The highest BCUT2D eigenvalue weighted by atomic mass is 79.9. The summed E-state index contributed by atoms with van der Waals surface area (Å²) in [6, 6.07) is 47.0. The second-order valence-corrected chi connectivity index (χ2v) is 12.1. The predicted octanol–water partition coefficient (Wildman–Crippen LogP) is 3.56. The first-order valence-electron chi connectivity index (χ1n) is 12.0. The number of aldehydes is 1. The molecule has 2 nitrogen and oxygen atoms in total. The number of halogens is 1. The third-order valence-corrected chi connectivity index (χ3v) is 10.7. The SMILES string of the molecule is O=Cc1cccc(/C=C\c2cccc(C[P+](c3ccccc3)(c3ccccc3)c3ccccc3)c2)n1.[Br-]. The molecule has 0 N–H and O–H groups in total. The van der Waals surface area contributed by atoms with Gasteiger partial charge < -0.3 is 17.0 Å². The molecule has 0 saturated heterocycles. The fourth-order valence-corrected chi connectivity index (χ4v) is 8.88. The lowest BCUT2D eigenvalue weighted by atomic mass is 10.1. The van der Waals surface area contributed by atoms with Gasteiger partial charge in [0.25, 0.3) is 0 Å². The summed E-state index contributed by atoms with van der Waals surface area (Å²) in [5.41, 5.74) is 3.61. The summed E-state index contributed by atoms with van der Waals surface area (Å²) in [5, 5.41) is 4.12. The zero-order valence-corrected chi connectivity index (χ0v) is 22.8. The van der Waals surface area contributed by atoms with Crippen LogP contribution in [0.5, 0.6) is 0 Å². The van der Waals surface area contributed by atoms with Crippen LogP contribution in [0.15, 0.2) is 133 Å². The third kappa shape index (κ3) is 6.02. The first-order valence-corrected chi connectivity index (χ1v) is 14.0. The van der Waals surface area contributed by atoms with Crippen LogP contribution in [-0.4, -0.2) is 11.3 Å². The van der Waals surface area contributed by atoms with E-state index in [0.29, 0.717) is 5.69 Å². The molecule has 0 fully saturated rings. The van der Waals surface area contributed by atoms with Crippen molar-refractivity contribution in [3.63, 3.8) is 0 Å². The minimum Gasteiger partial charge on any atom is -1.00 e. The van der Waals surface area contributed by atoms with E-state index < -0.39 is 7.26 Å². The summed E-state index contributed by atoms with van der Waals surface area (Å²) >= 11 is 0. The molecule has 0 aliphatic carbocycles. The Morgan fingerprint density at radius 1 is 0.568 bits per heavy atom. The molecule has 182 valence electrons. The van der Waals surface area contributed by atoms with Gasteiger partial charge in [0.15, 0.2) is 6.29 Å². The Balaban J connectivity index is 0.00000320. The van der Waals surface area contributed by atoms with Gasteiger partial charge in [0.05, 0.1) is 11.9 Å². The lowest BCUT2D eigenvalue weighted by Crippen LogP contribution is -3.00. The number of aromatic nitrogens is 1. The summed E-state index contributed by atoms with van der Waals surface area (Å²) in [5.74, 6) is 0. The van der Waals surface area contributed by atoms with Crippen LogP contribution in [-0.2, 0) is 6.16 Å².